The summed E-state index contributed by atoms with van der Waals surface area (Å²) in [7, 11) is -4.41. The van der Waals surface area contributed by atoms with Gasteiger partial charge in [0.15, 0.2) is 31.5 Å². The Morgan fingerprint density at radius 1 is 0.691 bits per heavy atom. The van der Waals surface area contributed by atoms with Crippen LogP contribution >= 0.6 is 0 Å². The van der Waals surface area contributed by atoms with Crippen LogP contribution in [0.25, 0.3) is 0 Å². The molecule has 10 aliphatic rings. The number of carbonyl (C=O) groups excluding carboxylic acids is 3. The first-order chi connectivity index (χ1) is 43.5. The average molecular weight is 1380 g/mol. The molecule has 532 valence electrons. The van der Waals surface area contributed by atoms with E-state index in [4.69, 9.17) is 65.8 Å². The summed E-state index contributed by atoms with van der Waals surface area (Å²) in [5.41, 5.74) is -3.37. The van der Waals surface area contributed by atoms with E-state index in [9.17, 15) is 83.5 Å². The van der Waals surface area contributed by atoms with Crippen LogP contribution in [0.15, 0.2) is 11.6 Å². The Labute approximate surface area is 567 Å². The fourth-order valence-electron chi connectivity index (χ4n) is 17.9. The van der Waals surface area contributed by atoms with E-state index in [1.807, 2.05) is 27.7 Å². The summed E-state index contributed by atoms with van der Waals surface area (Å²) < 4.78 is 121. The molecular weight excluding hydrogens is 1280 g/mol. The summed E-state index contributed by atoms with van der Waals surface area (Å²) >= 11 is 0. The number of hydrogen-bond acceptors (Lipinski definition) is 31. The number of ether oxygens (including phenoxy) is 13. The second-order valence-corrected chi connectivity index (χ2v) is 29.9. The number of carbonyl (C=O) groups is 3. The Balaban J connectivity index is 0.0000104. The van der Waals surface area contributed by atoms with Gasteiger partial charge in [0.1, 0.15) is 121 Å². The molecular formula is C61H95NaO31S. The number of rotatable bonds is 20. The predicted octanol–water partition coefficient (Wildman–Crippen LogP) is -5.64. The van der Waals surface area contributed by atoms with E-state index in [1.54, 1.807) is 6.92 Å². The molecule has 0 unspecified atom stereocenters. The van der Waals surface area contributed by atoms with Crippen molar-refractivity contribution >= 4 is 28.1 Å². The summed E-state index contributed by atoms with van der Waals surface area (Å²) in [5.74, 6) is -1.77. The van der Waals surface area contributed by atoms with Crippen LogP contribution in [-0.4, -0.2) is 280 Å². The molecule has 0 aromatic rings. The van der Waals surface area contributed by atoms with Gasteiger partial charge >= 0.3 is 41.5 Å². The minimum absolute atomic E-state index is 0. The molecule has 33 heteroatoms. The van der Waals surface area contributed by atoms with E-state index < -0.39 is 235 Å². The zero-order valence-corrected chi connectivity index (χ0v) is 57.6. The second kappa shape index (κ2) is 29.0. The monoisotopic (exact) mass is 1380 g/mol. The van der Waals surface area contributed by atoms with Gasteiger partial charge in [-0.3, -0.25) is 18.6 Å². The van der Waals surface area contributed by atoms with Crippen molar-refractivity contribution in [2.45, 2.75) is 273 Å². The number of aliphatic hydroxyl groups excluding tert-OH is 11. The summed E-state index contributed by atoms with van der Waals surface area (Å²) in [5, 5.41) is 122. The van der Waals surface area contributed by atoms with Crippen LogP contribution in [0.3, 0.4) is 0 Å². The van der Waals surface area contributed by atoms with Gasteiger partial charge in [-0.05, 0) is 81.0 Å². The number of allylic oxidation sites excluding steroid dienone is 2. The number of fused-ring (bicyclic) bond motifs is 4. The summed E-state index contributed by atoms with van der Waals surface area (Å²) in [4.78, 5) is 41.2. The molecule has 10 rings (SSSR count). The second-order valence-electron chi connectivity index (χ2n) is 28.9. The number of methoxy groups -OCH3 is 1. The topological polar surface area (TPSA) is 460 Å². The van der Waals surface area contributed by atoms with E-state index in [1.165, 1.54) is 13.8 Å². The number of cyclic esters (lactones) is 1. The van der Waals surface area contributed by atoms with Gasteiger partial charge in [0.2, 0.25) is 10.4 Å². The van der Waals surface area contributed by atoms with Crippen molar-refractivity contribution in [3.8, 4) is 0 Å². The normalized spacial score (nSPS) is 49.3. The van der Waals surface area contributed by atoms with Gasteiger partial charge in [-0.1, -0.05) is 53.2 Å². The van der Waals surface area contributed by atoms with Crippen molar-refractivity contribution in [1.29, 1.82) is 0 Å². The van der Waals surface area contributed by atoms with E-state index in [-0.39, 0.29) is 65.9 Å². The SMILES string of the molecule is CO[C@@H]1[C@@H](O)[C@H](O[C@@H]2[C@@H](O)[C@H](O[C@H]3[C@H](O)[C@@H](C)O[C@@H](O[C@H]4[C@H](O[C@H]5CC[C@]6(C)[C@H]7CC[C@]89C(=O)O[C@@](C)(CC(=O)CC(C)C)[C@H]8[C@@H](OC(C)=O)C[C@@]9(C)C7=CC[C@H]6C5(C)C)OC[C@@H](OS(=O)(=O)[O-])[C@@H]4O)[C@@H]3O[C@@H]3OC[C@@H](O)[C@H](O)[C@H]3O)O[C@H](CO)[C@H]2O)O[C@H](CO)[C@H]1O.[Na+]. The molecule has 3 saturated carbocycles. The van der Waals surface area contributed by atoms with Crippen molar-refractivity contribution in [2.75, 3.05) is 33.5 Å². The van der Waals surface area contributed by atoms with Crippen molar-refractivity contribution in [3.63, 3.8) is 0 Å². The first-order valence-electron chi connectivity index (χ1n) is 32.1. The van der Waals surface area contributed by atoms with Gasteiger partial charge in [0, 0.05) is 32.3 Å². The van der Waals surface area contributed by atoms with Crippen LogP contribution in [0.2, 0.25) is 0 Å². The zero-order chi connectivity index (χ0) is 68.1. The molecule has 0 radical (unpaired) electrons. The summed E-state index contributed by atoms with van der Waals surface area (Å²) in [6.45, 7) is 13.5. The van der Waals surface area contributed by atoms with Gasteiger partial charge in [-0.2, -0.15) is 0 Å². The molecule has 0 aromatic carbocycles. The molecule has 0 amide bonds. The smallest absolute Gasteiger partial charge is 0.726 e. The molecule has 32 atom stereocenters. The number of aliphatic hydroxyl groups is 11. The van der Waals surface area contributed by atoms with Crippen LogP contribution in [0.1, 0.15) is 114 Å². The number of esters is 2. The van der Waals surface area contributed by atoms with Crippen LogP contribution in [-0.2, 0) is 90.5 Å². The largest absolute Gasteiger partial charge is 1.00 e. The molecule has 0 bridgehead atoms. The van der Waals surface area contributed by atoms with Crippen LogP contribution < -0.4 is 29.6 Å². The standard InChI is InChI=1S/C61H96O31S.Na/c1-24(2)17-27(65)18-60(9)50-31(83-26(4)64)19-59(8)29-11-12-35-57(5,6)36(14-15-58(35,7)28(29)13-16-61(50,59)56(75)91-60)86-54-48(41(71)34(23-81-54)92-93(76,77)78)89-55-49(90-51-42(72)38(68)30(66)22-80-51)47(37(67)25(3)82-55)88-53-44(74)46(40(70)33(21-63)85-53)87-52-43(73)45(79-10)39(69)32(20-62)84-52;/h11,24-25,28,30-55,62-63,66-74H,12-23H2,1-10H3,(H,76,77,78);/q;+1/p-1/t25-,28+,30-,31+,32-,33-,34-,35+,36+,37-,38+,39-,40-,41+,42-,43-,44-,45+,46+,47+,48-,49-,50-,51+,52+,53+,54+,55+,58-,59+,60+,61-;/m1./s1. The molecule has 1 spiro atoms. The van der Waals surface area contributed by atoms with Crippen molar-refractivity contribution < 1.29 is 179 Å². The predicted molar refractivity (Wildman–Crippen MR) is 307 cm³/mol. The Kier molecular flexibility index (Phi) is 23.6. The molecule has 31 nitrogen and oxygen atoms in total. The minimum atomic E-state index is -5.56. The fourth-order valence-corrected chi connectivity index (χ4v) is 18.4. The Morgan fingerprint density at radius 3 is 1.89 bits per heavy atom. The molecule has 94 heavy (non-hydrogen) atoms. The molecule has 11 N–H and O–H groups in total. The molecule has 6 saturated heterocycles. The van der Waals surface area contributed by atoms with Crippen LogP contribution in [0.5, 0.6) is 0 Å². The number of Topliss-reactive ketones (excluding diaryl/α,β-unsaturated/α-hetero) is 1. The van der Waals surface area contributed by atoms with Crippen LogP contribution in [0.4, 0.5) is 0 Å². The zero-order valence-electron chi connectivity index (χ0n) is 54.8. The first-order valence-corrected chi connectivity index (χ1v) is 33.4. The van der Waals surface area contributed by atoms with E-state index in [0.717, 1.165) is 12.7 Å². The van der Waals surface area contributed by atoms with Gasteiger partial charge in [-0.25, -0.2) is 8.42 Å². The Morgan fingerprint density at radius 2 is 1.29 bits per heavy atom. The summed E-state index contributed by atoms with van der Waals surface area (Å²) in [6.07, 6.45) is -38.6. The molecule has 0 aromatic heterocycles. The number of hydrogen-bond donors (Lipinski definition) is 11. The van der Waals surface area contributed by atoms with Gasteiger partial charge < -0.3 is 122 Å². The third-order valence-electron chi connectivity index (χ3n) is 22.3. The summed E-state index contributed by atoms with van der Waals surface area (Å²) in [6, 6.07) is 0. The maximum absolute atomic E-state index is 14.8. The van der Waals surface area contributed by atoms with Crippen LogP contribution in [0, 0.1) is 45.3 Å². The van der Waals surface area contributed by atoms with E-state index in [0.29, 0.717) is 38.5 Å². The number of ketones is 1. The van der Waals surface area contributed by atoms with E-state index >= 15 is 0 Å². The van der Waals surface area contributed by atoms with Gasteiger partial charge in [0.25, 0.3) is 0 Å². The maximum atomic E-state index is 14.8. The maximum Gasteiger partial charge on any atom is 1.00 e. The molecule has 6 aliphatic heterocycles. The fraction of sp³-hybridized carbons (Fsp3) is 0.918. The quantitative estimate of drug-likeness (QED) is 0.0178. The Bertz CT molecular complexity index is 2820. The van der Waals surface area contributed by atoms with Crippen molar-refractivity contribution in [3.05, 3.63) is 11.6 Å². The van der Waals surface area contributed by atoms with Gasteiger partial charge in [0.05, 0.1) is 50.0 Å². The molecule has 6 heterocycles. The Hall–Kier alpha value is -1.66. The van der Waals surface area contributed by atoms with Gasteiger partial charge in [-0.15, -0.1) is 0 Å². The van der Waals surface area contributed by atoms with E-state index in [2.05, 4.69) is 19.9 Å². The van der Waals surface area contributed by atoms with Crippen molar-refractivity contribution in [1.82, 2.24) is 0 Å². The average Bonchev–Trinajstić information content (AvgIpc) is 1.47. The third-order valence-corrected chi connectivity index (χ3v) is 22.8. The molecule has 4 aliphatic carbocycles. The third kappa shape index (κ3) is 13.8. The first kappa shape index (κ1) is 76.5. The minimum Gasteiger partial charge on any atom is -0.726 e. The molecule has 9 fully saturated rings. The van der Waals surface area contributed by atoms with Crippen molar-refractivity contribution in [2.24, 2.45) is 45.3 Å².